The third kappa shape index (κ3) is 2.03. The molecule has 82 valence electrons. The third-order valence-electron chi connectivity index (χ3n) is 2.50. The molecular formula is C10H12FNO2S. The highest BCUT2D eigenvalue weighted by Crippen LogP contribution is 2.23. The molecule has 1 N–H and O–H groups in total. The summed E-state index contributed by atoms with van der Waals surface area (Å²) < 4.78 is 38.9. The fourth-order valence-electron chi connectivity index (χ4n) is 1.75. The van der Waals surface area contributed by atoms with Crippen LogP contribution in [0.1, 0.15) is 12.5 Å². The Bertz CT molecular complexity index is 484. The normalized spacial score (nSPS) is 24.3. The first-order valence-corrected chi connectivity index (χ1v) is 6.25. The van der Waals surface area contributed by atoms with Gasteiger partial charge in [-0.05, 0) is 36.1 Å². The molecule has 1 aliphatic heterocycles. The van der Waals surface area contributed by atoms with E-state index in [-0.39, 0.29) is 10.8 Å². The minimum Gasteiger partial charge on any atom is -0.211 e. The molecule has 0 aromatic heterocycles. The molecule has 1 aromatic carbocycles. The largest absolute Gasteiger partial charge is 0.240 e. The Morgan fingerprint density at radius 3 is 2.93 bits per heavy atom. The number of rotatable bonds is 0. The van der Waals surface area contributed by atoms with E-state index in [0.717, 1.165) is 0 Å². The maximum Gasteiger partial charge on any atom is 0.240 e. The van der Waals surface area contributed by atoms with Crippen LogP contribution in [0, 0.1) is 11.7 Å². The first-order valence-electron chi connectivity index (χ1n) is 4.77. The molecule has 2 rings (SSSR count). The number of benzene rings is 1. The SMILES string of the molecule is C[C@H]1CNS(=O)(=O)c2ccc(F)cc2C1. The first-order chi connectivity index (χ1) is 6.99. The Labute approximate surface area is 88.4 Å². The summed E-state index contributed by atoms with van der Waals surface area (Å²) in [5, 5.41) is 0. The van der Waals surface area contributed by atoms with Gasteiger partial charge in [0.25, 0.3) is 0 Å². The summed E-state index contributed by atoms with van der Waals surface area (Å²) in [5.41, 5.74) is 0.563. The van der Waals surface area contributed by atoms with Gasteiger partial charge in [0, 0.05) is 6.54 Å². The van der Waals surface area contributed by atoms with Crippen LogP contribution in [-0.4, -0.2) is 15.0 Å². The molecule has 0 fully saturated rings. The van der Waals surface area contributed by atoms with Crippen molar-refractivity contribution >= 4 is 10.0 Å². The predicted molar refractivity (Wildman–Crippen MR) is 54.5 cm³/mol. The second-order valence-electron chi connectivity index (χ2n) is 3.91. The molecule has 0 amide bonds. The summed E-state index contributed by atoms with van der Waals surface area (Å²) in [6.45, 7) is 2.33. The predicted octanol–water partition coefficient (Wildman–Crippen LogP) is 1.30. The van der Waals surface area contributed by atoms with Gasteiger partial charge < -0.3 is 0 Å². The summed E-state index contributed by atoms with van der Waals surface area (Å²) in [6.07, 6.45) is 0.583. The van der Waals surface area contributed by atoms with Crippen LogP contribution in [0.5, 0.6) is 0 Å². The maximum absolute atomic E-state index is 13.0. The number of hydrogen-bond donors (Lipinski definition) is 1. The molecule has 0 spiro atoms. The van der Waals surface area contributed by atoms with Gasteiger partial charge in [-0.15, -0.1) is 0 Å². The fourth-order valence-corrected chi connectivity index (χ4v) is 3.14. The Morgan fingerprint density at radius 2 is 2.20 bits per heavy atom. The summed E-state index contributed by atoms with van der Waals surface area (Å²) in [7, 11) is -3.44. The number of nitrogens with one attached hydrogen (secondary N) is 1. The van der Waals surface area contributed by atoms with Crippen molar-refractivity contribution in [3.8, 4) is 0 Å². The van der Waals surface area contributed by atoms with Crippen LogP contribution in [0.25, 0.3) is 0 Å². The minimum absolute atomic E-state index is 0.183. The minimum atomic E-state index is -3.44. The molecular weight excluding hydrogens is 217 g/mol. The van der Waals surface area contributed by atoms with Gasteiger partial charge in [-0.3, -0.25) is 0 Å². The van der Waals surface area contributed by atoms with E-state index < -0.39 is 15.8 Å². The second kappa shape index (κ2) is 3.57. The first kappa shape index (κ1) is 10.6. The van der Waals surface area contributed by atoms with Gasteiger partial charge in [-0.2, -0.15) is 0 Å². The van der Waals surface area contributed by atoms with Gasteiger partial charge in [0.2, 0.25) is 10.0 Å². The number of hydrogen-bond acceptors (Lipinski definition) is 2. The fraction of sp³-hybridized carbons (Fsp3) is 0.400. The van der Waals surface area contributed by atoms with E-state index in [4.69, 9.17) is 0 Å². The Kier molecular flexibility index (Phi) is 2.52. The smallest absolute Gasteiger partial charge is 0.211 e. The molecule has 0 bridgehead atoms. The third-order valence-corrected chi connectivity index (χ3v) is 4.03. The molecule has 0 unspecified atom stereocenters. The van der Waals surface area contributed by atoms with E-state index in [9.17, 15) is 12.8 Å². The monoisotopic (exact) mass is 229 g/mol. The van der Waals surface area contributed by atoms with Gasteiger partial charge in [0.15, 0.2) is 0 Å². The molecule has 0 saturated carbocycles. The van der Waals surface area contributed by atoms with Crippen molar-refractivity contribution in [1.29, 1.82) is 0 Å². The van der Waals surface area contributed by atoms with Gasteiger partial charge in [0.1, 0.15) is 5.82 Å². The summed E-state index contributed by atoms with van der Waals surface area (Å²) in [5.74, 6) is -0.208. The Balaban J connectivity index is 2.61. The van der Waals surface area contributed by atoms with Crippen LogP contribution in [0.4, 0.5) is 4.39 Å². The molecule has 1 heterocycles. The highest BCUT2D eigenvalue weighted by molar-refractivity contribution is 7.89. The van der Waals surface area contributed by atoms with Crippen molar-refractivity contribution in [2.24, 2.45) is 5.92 Å². The average molecular weight is 229 g/mol. The van der Waals surface area contributed by atoms with E-state index in [2.05, 4.69) is 4.72 Å². The van der Waals surface area contributed by atoms with Crippen molar-refractivity contribution in [2.75, 3.05) is 6.54 Å². The molecule has 5 heteroatoms. The van der Waals surface area contributed by atoms with Crippen LogP contribution in [0.15, 0.2) is 23.1 Å². The molecule has 0 saturated heterocycles. The van der Waals surface area contributed by atoms with Crippen molar-refractivity contribution in [1.82, 2.24) is 4.72 Å². The number of fused-ring (bicyclic) bond motifs is 1. The van der Waals surface area contributed by atoms with Crippen LogP contribution < -0.4 is 4.72 Å². The lowest BCUT2D eigenvalue weighted by Gasteiger charge is -2.06. The lowest BCUT2D eigenvalue weighted by molar-refractivity contribution is 0.550. The lowest BCUT2D eigenvalue weighted by Crippen LogP contribution is -2.26. The Morgan fingerprint density at radius 1 is 1.47 bits per heavy atom. The van der Waals surface area contributed by atoms with Crippen LogP contribution in [0.2, 0.25) is 0 Å². The zero-order valence-corrected chi connectivity index (χ0v) is 9.14. The maximum atomic E-state index is 13.0. The number of sulfonamides is 1. The van der Waals surface area contributed by atoms with Crippen LogP contribution in [-0.2, 0) is 16.4 Å². The highest BCUT2D eigenvalue weighted by atomic mass is 32.2. The van der Waals surface area contributed by atoms with Crippen molar-refractivity contribution in [3.63, 3.8) is 0 Å². The summed E-state index contributed by atoms with van der Waals surface area (Å²) in [4.78, 5) is 0.202. The van der Waals surface area contributed by atoms with E-state index in [1.807, 2.05) is 6.92 Å². The van der Waals surface area contributed by atoms with Crippen LogP contribution >= 0.6 is 0 Å². The molecule has 0 aliphatic carbocycles. The van der Waals surface area contributed by atoms with Gasteiger partial charge in [0.05, 0.1) is 4.90 Å². The van der Waals surface area contributed by atoms with E-state index in [1.54, 1.807) is 0 Å². The van der Waals surface area contributed by atoms with Gasteiger partial charge >= 0.3 is 0 Å². The van der Waals surface area contributed by atoms with Gasteiger partial charge in [-0.25, -0.2) is 17.5 Å². The zero-order chi connectivity index (χ0) is 11.1. The van der Waals surface area contributed by atoms with Crippen molar-refractivity contribution in [2.45, 2.75) is 18.2 Å². The van der Waals surface area contributed by atoms with Gasteiger partial charge in [-0.1, -0.05) is 6.92 Å². The van der Waals surface area contributed by atoms with Crippen molar-refractivity contribution < 1.29 is 12.8 Å². The van der Waals surface area contributed by atoms with E-state index in [1.165, 1.54) is 18.2 Å². The summed E-state index contributed by atoms with van der Waals surface area (Å²) >= 11 is 0. The van der Waals surface area contributed by atoms with Crippen molar-refractivity contribution in [3.05, 3.63) is 29.6 Å². The van der Waals surface area contributed by atoms with E-state index >= 15 is 0 Å². The molecule has 1 aliphatic rings. The molecule has 15 heavy (non-hydrogen) atoms. The standard InChI is InChI=1S/C10H12FNO2S/c1-7-4-8-5-9(11)2-3-10(8)15(13,14)12-6-7/h2-3,5,7,12H,4,6H2,1H3/t7-/m1/s1. The molecule has 3 nitrogen and oxygen atoms in total. The van der Waals surface area contributed by atoms with E-state index in [0.29, 0.717) is 18.5 Å². The molecule has 1 atom stereocenters. The highest BCUT2D eigenvalue weighted by Gasteiger charge is 2.24. The Hall–Kier alpha value is -0.940. The summed E-state index contributed by atoms with van der Waals surface area (Å²) in [6, 6.07) is 3.80. The quantitative estimate of drug-likeness (QED) is 0.728. The lowest BCUT2D eigenvalue weighted by atomic mass is 10.0. The zero-order valence-electron chi connectivity index (χ0n) is 8.33. The molecule has 0 radical (unpaired) electrons. The molecule has 1 aromatic rings. The topological polar surface area (TPSA) is 46.2 Å². The second-order valence-corrected chi connectivity index (χ2v) is 5.65. The number of halogens is 1. The average Bonchev–Trinajstić information content (AvgIpc) is 2.24. The van der Waals surface area contributed by atoms with Crippen LogP contribution in [0.3, 0.4) is 0 Å².